The van der Waals surface area contributed by atoms with Gasteiger partial charge >= 0.3 is 12.0 Å². The van der Waals surface area contributed by atoms with Gasteiger partial charge in [0, 0.05) is 18.2 Å². The van der Waals surface area contributed by atoms with Crippen molar-refractivity contribution in [1.29, 1.82) is 0 Å². The molecule has 0 amide bonds. The van der Waals surface area contributed by atoms with Crippen LogP contribution in [0, 0.1) is 10.1 Å². The van der Waals surface area contributed by atoms with Crippen molar-refractivity contribution in [2.24, 2.45) is 0 Å². The molecular formula is C15H11ClF3NO5. The highest BCUT2D eigenvalue weighted by Gasteiger charge is 2.31. The van der Waals surface area contributed by atoms with E-state index in [9.17, 15) is 23.3 Å². The summed E-state index contributed by atoms with van der Waals surface area (Å²) < 4.78 is 50.9. The van der Waals surface area contributed by atoms with Crippen LogP contribution in [0.4, 0.5) is 18.9 Å². The van der Waals surface area contributed by atoms with E-state index in [1.165, 1.54) is 24.3 Å². The average molecular weight is 378 g/mol. The van der Waals surface area contributed by atoms with Crippen LogP contribution in [-0.4, -0.2) is 17.9 Å². The Morgan fingerprint density at radius 2 is 1.80 bits per heavy atom. The quantitative estimate of drug-likeness (QED) is 0.502. The molecule has 0 fully saturated rings. The molecule has 2 aromatic carbocycles. The van der Waals surface area contributed by atoms with Gasteiger partial charge in [-0.3, -0.25) is 10.1 Å². The van der Waals surface area contributed by atoms with Crippen molar-refractivity contribution in [3.05, 3.63) is 51.5 Å². The first-order valence-corrected chi connectivity index (χ1v) is 7.22. The topological polar surface area (TPSA) is 70.8 Å². The maximum Gasteiger partial charge on any atom is 0.573 e. The third-order valence-electron chi connectivity index (χ3n) is 2.79. The molecule has 0 N–H and O–H groups in total. The van der Waals surface area contributed by atoms with Crippen LogP contribution in [0.2, 0.25) is 5.02 Å². The Hall–Kier alpha value is -2.68. The van der Waals surface area contributed by atoms with Gasteiger partial charge in [-0.25, -0.2) is 0 Å². The maximum atomic E-state index is 12.2. The summed E-state index contributed by atoms with van der Waals surface area (Å²) >= 11 is 5.88. The predicted molar refractivity (Wildman–Crippen MR) is 82.5 cm³/mol. The van der Waals surface area contributed by atoms with Crippen molar-refractivity contribution in [1.82, 2.24) is 0 Å². The summed E-state index contributed by atoms with van der Waals surface area (Å²) in [4.78, 5) is 10.3. The molecule has 2 aromatic rings. The molecule has 0 radical (unpaired) electrons. The lowest BCUT2D eigenvalue weighted by Gasteiger charge is -2.12. The minimum absolute atomic E-state index is 0.00172. The van der Waals surface area contributed by atoms with Gasteiger partial charge in [0.05, 0.1) is 16.6 Å². The lowest BCUT2D eigenvalue weighted by Crippen LogP contribution is -2.17. The summed E-state index contributed by atoms with van der Waals surface area (Å²) in [6.45, 7) is 1.86. The third-order valence-corrected chi connectivity index (χ3v) is 3.09. The summed E-state index contributed by atoms with van der Waals surface area (Å²) in [5.41, 5.74) is -0.241. The molecule has 134 valence electrons. The fraction of sp³-hybridized carbons (Fsp3) is 0.200. The van der Waals surface area contributed by atoms with Gasteiger partial charge in [0.15, 0.2) is 0 Å². The predicted octanol–water partition coefficient (Wildman–Crippen LogP) is 5.34. The third kappa shape index (κ3) is 5.15. The molecule has 0 bridgehead atoms. The van der Waals surface area contributed by atoms with Gasteiger partial charge in [0.1, 0.15) is 17.2 Å². The van der Waals surface area contributed by atoms with Crippen LogP contribution in [0.15, 0.2) is 36.4 Å². The Bertz CT molecular complexity index is 782. The molecule has 2 rings (SSSR count). The van der Waals surface area contributed by atoms with Gasteiger partial charge in [-0.05, 0) is 25.1 Å². The van der Waals surface area contributed by atoms with Crippen molar-refractivity contribution < 1.29 is 32.3 Å². The number of nitrogens with zero attached hydrogens (tertiary/aromatic N) is 1. The minimum atomic E-state index is -4.84. The van der Waals surface area contributed by atoms with Gasteiger partial charge in [0.2, 0.25) is 5.75 Å². The molecule has 6 nitrogen and oxygen atoms in total. The van der Waals surface area contributed by atoms with Crippen LogP contribution in [0.25, 0.3) is 0 Å². The molecule has 0 aliphatic heterocycles. The van der Waals surface area contributed by atoms with Gasteiger partial charge in [-0.2, -0.15) is 0 Å². The molecule has 0 unspecified atom stereocenters. The normalized spacial score (nSPS) is 11.1. The lowest BCUT2D eigenvalue weighted by atomic mass is 10.2. The minimum Gasteiger partial charge on any atom is -0.487 e. The molecule has 0 aliphatic carbocycles. The number of benzene rings is 2. The van der Waals surface area contributed by atoms with Gasteiger partial charge in [-0.15, -0.1) is 13.2 Å². The lowest BCUT2D eigenvalue weighted by molar-refractivity contribution is -0.385. The first kappa shape index (κ1) is 18.7. The second kappa shape index (κ2) is 7.47. The highest BCUT2D eigenvalue weighted by molar-refractivity contribution is 6.32. The summed E-state index contributed by atoms with van der Waals surface area (Å²) in [6, 6.07) is 6.96. The first-order chi connectivity index (χ1) is 11.7. The highest BCUT2D eigenvalue weighted by atomic mass is 35.5. The average Bonchev–Trinajstić information content (AvgIpc) is 2.49. The Balaban J connectivity index is 2.24. The zero-order chi connectivity index (χ0) is 18.6. The van der Waals surface area contributed by atoms with Gasteiger partial charge in [0.25, 0.3) is 0 Å². The molecule has 0 aliphatic rings. The van der Waals surface area contributed by atoms with Gasteiger partial charge < -0.3 is 14.2 Å². The fourth-order valence-electron chi connectivity index (χ4n) is 1.87. The number of hydrogen-bond donors (Lipinski definition) is 0. The van der Waals surface area contributed by atoms with Crippen molar-refractivity contribution in [3.63, 3.8) is 0 Å². The van der Waals surface area contributed by atoms with Crippen molar-refractivity contribution in [2.75, 3.05) is 6.61 Å². The van der Waals surface area contributed by atoms with E-state index in [4.69, 9.17) is 21.1 Å². The molecule has 10 heteroatoms. The van der Waals surface area contributed by atoms with Crippen LogP contribution < -0.4 is 14.2 Å². The molecule has 25 heavy (non-hydrogen) atoms. The van der Waals surface area contributed by atoms with Crippen LogP contribution in [0.5, 0.6) is 23.0 Å². The van der Waals surface area contributed by atoms with Crippen molar-refractivity contribution in [3.8, 4) is 23.0 Å². The SMILES string of the molecule is CCOc1cc(Oc2ccc(OC(F)(F)F)cc2Cl)ccc1[N+](=O)[O-]. The number of nitro benzene ring substituents is 1. The number of nitro groups is 1. The molecule has 0 saturated heterocycles. The van der Waals surface area contributed by atoms with Crippen LogP contribution >= 0.6 is 11.6 Å². The van der Waals surface area contributed by atoms with E-state index in [1.807, 2.05) is 0 Å². The van der Waals surface area contributed by atoms with E-state index in [1.54, 1.807) is 6.92 Å². The monoisotopic (exact) mass is 377 g/mol. The van der Waals surface area contributed by atoms with Crippen molar-refractivity contribution in [2.45, 2.75) is 13.3 Å². The second-order valence-corrected chi connectivity index (χ2v) is 4.97. The van der Waals surface area contributed by atoms with E-state index < -0.39 is 17.0 Å². The molecular weight excluding hydrogens is 367 g/mol. The smallest absolute Gasteiger partial charge is 0.487 e. The number of ether oxygens (including phenoxy) is 3. The number of alkyl halides is 3. The van der Waals surface area contributed by atoms with Crippen LogP contribution in [0.3, 0.4) is 0 Å². The molecule has 0 spiro atoms. The number of hydrogen-bond acceptors (Lipinski definition) is 5. The Labute approximate surface area is 144 Å². The van der Waals surface area contributed by atoms with E-state index in [0.29, 0.717) is 0 Å². The van der Waals surface area contributed by atoms with Crippen LogP contribution in [-0.2, 0) is 0 Å². The summed E-state index contributed by atoms with van der Waals surface area (Å²) in [7, 11) is 0. The van der Waals surface area contributed by atoms with E-state index in [2.05, 4.69) is 4.74 Å². The Kier molecular flexibility index (Phi) is 5.58. The molecule has 0 heterocycles. The van der Waals surface area contributed by atoms with E-state index in [0.717, 1.165) is 12.1 Å². The molecule has 0 atom stereocenters. The Morgan fingerprint density at radius 1 is 1.12 bits per heavy atom. The fourth-order valence-corrected chi connectivity index (χ4v) is 2.08. The van der Waals surface area contributed by atoms with E-state index >= 15 is 0 Å². The molecule has 0 saturated carbocycles. The highest BCUT2D eigenvalue weighted by Crippen LogP contribution is 2.37. The largest absolute Gasteiger partial charge is 0.573 e. The number of halogens is 4. The maximum absolute atomic E-state index is 12.2. The summed E-state index contributed by atoms with van der Waals surface area (Å²) in [6.07, 6.45) is -4.84. The standard InChI is InChI=1S/C15H11ClF3NO5/c1-2-23-14-8-9(3-5-12(14)20(21)22)24-13-6-4-10(7-11(13)16)25-15(17,18)19/h3-8H,2H2,1H3. The first-order valence-electron chi connectivity index (χ1n) is 6.84. The zero-order valence-corrected chi connectivity index (χ0v) is 13.4. The van der Waals surface area contributed by atoms with Crippen LogP contribution in [0.1, 0.15) is 6.92 Å². The van der Waals surface area contributed by atoms with E-state index in [-0.39, 0.29) is 34.6 Å². The van der Waals surface area contributed by atoms with Gasteiger partial charge in [-0.1, -0.05) is 11.6 Å². The zero-order valence-electron chi connectivity index (χ0n) is 12.7. The second-order valence-electron chi connectivity index (χ2n) is 4.56. The summed E-state index contributed by atoms with van der Waals surface area (Å²) in [5.74, 6) is -0.283. The van der Waals surface area contributed by atoms with Crippen molar-refractivity contribution >= 4 is 17.3 Å². The summed E-state index contributed by atoms with van der Waals surface area (Å²) in [5, 5.41) is 10.8. The molecule has 0 aromatic heterocycles. The number of rotatable bonds is 6. The Morgan fingerprint density at radius 3 is 2.36 bits per heavy atom.